The number of benzene rings is 3. The highest BCUT2D eigenvalue weighted by Gasteiger charge is 2.40. The third-order valence-electron chi connectivity index (χ3n) is 5.38. The lowest BCUT2D eigenvalue weighted by Crippen LogP contribution is -2.46. The van der Waals surface area contributed by atoms with Crippen LogP contribution >= 0.6 is 0 Å². The van der Waals surface area contributed by atoms with Crippen LogP contribution < -0.4 is 5.73 Å². The zero-order valence-electron chi connectivity index (χ0n) is 18.1. The van der Waals surface area contributed by atoms with Gasteiger partial charge in [-0.05, 0) is 36.5 Å². The molecule has 0 bridgehead atoms. The average molecular weight is 400 g/mol. The van der Waals surface area contributed by atoms with Crippen molar-refractivity contribution in [2.45, 2.75) is 44.2 Å². The molecule has 0 saturated heterocycles. The smallest absolute Gasteiger partial charge is 0.120 e. The lowest BCUT2D eigenvalue weighted by molar-refractivity contribution is -0.0375. The molecule has 30 heavy (non-hydrogen) atoms. The topological polar surface area (TPSA) is 35.2 Å². The summed E-state index contributed by atoms with van der Waals surface area (Å²) in [6, 6.07) is 31.3. The minimum absolute atomic E-state index is 0.440. The number of ether oxygens (including phenoxy) is 1. The van der Waals surface area contributed by atoms with Crippen molar-refractivity contribution in [3.63, 3.8) is 0 Å². The molecule has 1 unspecified atom stereocenters. The van der Waals surface area contributed by atoms with Crippen LogP contribution in [0.25, 0.3) is 6.08 Å². The first-order valence-corrected chi connectivity index (χ1v) is 10.8. The molecule has 0 amide bonds. The van der Waals surface area contributed by atoms with Gasteiger partial charge in [0, 0.05) is 18.6 Å². The molecule has 0 spiro atoms. The van der Waals surface area contributed by atoms with E-state index in [-0.39, 0.29) is 0 Å². The Balaban J connectivity index is 1.93. The molecule has 0 aliphatic heterocycles. The molecule has 2 heteroatoms. The van der Waals surface area contributed by atoms with Gasteiger partial charge in [0.2, 0.25) is 0 Å². The summed E-state index contributed by atoms with van der Waals surface area (Å²) in [5.74, 6) is 0. The molecule has 0 saturated carbocycles. The van der Waals surface area contributed by atoms with Crippen LogP contribution in [0.1, 0.15) is 49.8 Å². The Morgan fingerprint density at radius 3 is 1.80 bits per heavy atom. The second-order valence-corrected chi connectivity index (χ2v) is 8.26. The predicted molar refractivity (Wildman–Crippen MR) is 127 cm³/mol. The first-order chi connectivity index (χ1) is 14.6. The van der Waals surface area contributed by atoms with E-state index in [9.17, 15) is 0 Å². The van der Waals surface area contributed by atoms with E-state index in [1.807, 2.05) is 18.2 Å². The predicted octanol–water partition coefficient (Wildman–Crippen LogP) is 6.57. The maximum Gasteiger partial charge on any atom is 0.120 e. The maximum absolute atomic E-state index is 6.88. The van der Waals surface area contributed by atoms with Crippen LogP contribution in [-0.2, 0) is 10.3 Å². The highest BCUT2D eigenvalue weighted by atomic mass is 16.5. The summed E-state index contributed by atoms with van der Waals surface area (Å²) < 4.78 is 6.65. The molecule has 0 radical (unpaired) electrons. The molecule has 0 aromatic heterocycles. The monoisotopic (exact) mass is 399 g/mol. The Morgan fingerprint density at radius 1 is 0.800 bits per heavy atom. The van der Waals surface area contributed by atoms with Crippen molar-refractivity contribution in [1.82, 2.24) is 0 Å². The summed E-state index contributed by atoms with van der Waals surface area (Å²) >= 11 is 0. The summed E-state index contributed by atoms with van der Waals surface area (Å²) in [6.45, 7) is 4.95. The maximum atomic E-state index is 6.88. The van der Waals surface area contributed by atoms with Crippen molar-refractivity contribution in [1.29, 1.82) is 0 Å². The van der Waals surface area contributed by atoms with E-state index < -0.39 is 11.1 Å². The third kappa shape index (κ3) is 5.69. The highest BCUT2D eigenvalue weighted by molar-refractivity contribution is 5.49. The fraction of sp³-hybridized carbons (Fsp3) is 0.286. The zero-order chi connectivity index (χ0) is 21.3. The third-order valence-corrected chi connectivity index (χ3v) is 5.38. The van der Waals surface area contributed by atoms with Crippen molar-refractivity contribution < 1.29 is 4.74 Å². The molecular weight excluding hydrogens is 366 g/mol. The van der Waals surface area contributed by atoms with Gasteiger partial charge in [-0.3, -0.25) is 0 Å². The molecule has 0 aliphatic rings. The molecule has 3 aromatic rings. The van der Waals surface area contributed by atoms with Gasteiger partial charge in [-0.1, -0.05) is 110 Å². The Kier molecular flexibility index (Phi) is 7.62. The number of hydrogen-bond donors (Lipinski definition) is 1. The number of hydrogen-bond acceptors (Lipinski definition) is 2. The van der Waals surface area contributed by atoms with Crippen LogP contribution in [0.3, 0.4) is 0 Å². The van der Waals surface area contributed by atoms with Crippen LogP contribution in [0.2, 0.25) is 0 Å². The standard InChI is InChI=1S/C28H33NO/c1-3-22-30-28(25-17-9-5-10-18-25,26-19-11-6-12-20-26)23-27(2,29)21-13-16-24-14-7-4-8-15-24/h4-20H,3,21-23,29H2,1-2H3/b16-13+. The fourth-order valence-electron chi connectivity index (χ4n) is 3.95. The second-order valence-electron chi connectivity index (χ2n) is 8.26. The van der Waals surface area contributed by atoms with E-state index in [2.05, 4.69) is 98.8 Å². The molecule has 3 aromatic carbocycles. The zero-order valence-corrected chi connectivity index (χ0v) is 18.1. The summed E-state index contributed by atoms with van der Waals surface area (Å²) in [6.07, 6.45) is 6.73. The lowest BCUT2D eigenvalue weighted by Gasteiger charge is -2.41. The van der Waals surface area contributed by atoms with Gasteiger partial charge < -0.3 is 10.5 Å². The minimum atomic E-state index is -0.581. The van der Waals surface area contributed by atoms with E-state index in [1.54, 1.807) is 0 Å². The largest absolute Gasteiger partial charge is 0.365 e. The summed E-state index contributed by atoms with van der Waals surface area (Å²) in [4.78, 5) is 0. The van der Waals surface area contributed by atoms with Gasteiger partial charge in [-0.2, -0.15) is 0 Å². The van der Waals surface area contributed by atoms with Crippen molar-refractivity contribution in [2.75, 3.05) is 6.61 Å². The molecule has 156 valence electrons. The lowest BCUT2D eigenvalue weighted by atomic mass is 9.75. The van der Waals surface area contributed by atoms with Crippen molar-refractivity contribution in [3.8, 4) is 0 Å². The Bertz CT molecular complexity index is 862. The summed E-state index contributed by atoms with van der Waals surface area (Å²) in [5, 5.41) is 0. The van der Waals surface area contributed by atoms with Gasteiger partial charge in [-0.15, -0.1) is 0 Å². The van der Waals surface area contributed by atoms with Crippen LogP contribution in [-0.4, -0.2) is 12.1 Å². The molecule has 0 heterocycles. The Morgan fingerprint density at radius 2 is 1.30 bits per heavy atom. The summed E-state index contributed by atoms with van der Waals surface area (Å²) in [7, 11) is 0. The Labute approximate surface area is 181 Å². The van der Waals surface area contributed by atoms with Gasteiger partial charge in [0.15, 0.2) is 0 Å². The van der Waals surface area contributed by atoms with Crippen LogP contribution in [0.15, 0.2) is 97.1 Å². The van der Waals surface area contributed by atoms with Crippen LogP contribution in [0.4, 0.5) is 0 Å². The fourth-order valence-corrected chi connectivity index (χ4v) is 3.95. The van der Waals surface area contributed by atoms with Gasteiger partial charge >= 0.3 is 0 Å². The molecule has 0 aliphatic carbocycles. The SMILES string of the molecule is CCCOC(CC(C)(N)C/C=C/c1ccccc1)(c1ccccc1)c1ccccc1. The molecule has 0 fully saturated rings. The van der Waals surface area contributed by atoms with Crippen molar-refractivity contribution in [2.24, 2.45) is 5.73 Å². The van der Waals surface area contributed by atoms with Gasteiger partial charge in [0.05, 0.1) is 0 Å². The summed E-state index contributed by atoms with van der Waals surface area (Å²) in [5.41, 5.74) is 9.34. The van der Waals surface area contributed by atoms with Gasteiger partial charge in [0.1, 0.15) is 5.60 Å². The van der Waals surface area contributed by atoms with E-state index >= 15 is 0 Å². The quantitative estimate of drug-likeness (QED) is 0.418. The van der Waals surface area contributed by atoms with E-state index in [1.165, 1.54) is 5.56 Å². The average Bonchev–Trinajstić information content (AvgIpc) is 2.78. The molecular formula is C28H33NO. The number of rotatable bonds is 10. The van der Waals surface area contributed by atoms with E-state index in [0.29, 0.717) is 13.0 Å². The number of nitrogens with two attached hydrogens (primary N) is 1. The van der Waals surface area contributed by atoms with E-state index in [0.717, 1.165) is 24.0 Å². The molecule has 3 rings (SSSR count). The second kappa shape index (κ2) is 10.4. The van der Waals surface area contributed by atoms with Gasteiger partial charge in [0.25, 0.3) is 0 Å². The van der Waals surface area contributed by atoms with Crippen LogP contribution in [0.5, 0.6) is 0 Å². The first kappa shape index (κ1) is 22.0. The highest BCUT2D eigenvalue weighted by Crippen LogP contribution is 2.41. The van der Waals surface area contributed by atoms with Gasteiger partial charge in [-0.25, -0.2) is 0 Å². The van der Waals surface area contributed by atoms with Crippen molar-refractivity contribution >= 4 is 6.08 Å². The first-order valence-electron chi connectivity index (χ1n) is 10.8. The van der Waals surface area contributed by atoms with E-state index in [4.69, 9.17) is 10.5 Å². The molecule has 2 nitrogen and oxygen atoms in total. The molecule has 2 N–H and O–H groups in total. The molecule has 1 atom stereocenters. The normalized spacial score (nSPS) is 14.0. The van der Waals surface area contributed by atoms with Crippen LogP contribution in [0, 0.1) is 0 Å². The van der Waals surface area contributed by atoms with Crippen molar-refractivity contribution in [3.05, 3.63) is 114 Å². The minimum Gasteiger partial charge on any atom is -0.365 e. The Hall–Kier alpha value is -2.68.